The lowest BCUT2D eigenvalue weighted by Crippen LogP contribution is -2.43. The summed E-state index contributed by atoms with van der Waals surface area (Å²) in [6.45, 7) is 8.46. The fraction of sp³-hybridized carbons (Fsp3) is 1.00. The molecule has 1 atom stereocenters. The molecule has 0 saturated carbocycles. The number of likely N-dealkylation sites (N-methyl/N-ethyl adjacent to an activating group) is 1. The Hall–Kier alpha value is -0.120. The smallest absolute Gasteiger partial charge is 0.0610 e. The highest BCUT2D eigenvalue weighted by Crippen LogP contribution is 2.20. The largest absolute Gasteiger partial charge is 0.394 e. The maximum Gasteiger partial charge on any atom is 0.0610 e. The molecular weight excluding hydrogens is 224 g/mol. The number of unbranched alkanes of at least 4 members (excludes halogenated alkanes) is 1. The van der Waals surface area contributed by atoms with Crippen molar-refractivity contribution in [2.24, 2.45) is 5.92 Å². The van der Waals surface area contributed by atoms with Gasteiger partial charge in [-0.3, -0.25) is 0 Å². The molecule has 1 heterocycles. The summed E-state index contributed by atoms with van der Waals surface area (Å²) in [7, 11) is 1.94. The molecule has 1 fully saturated rings. The molecule has 0 aromatic carbocycles. The van der Waals surface area contributed by atoms with E-state index in [1.54, 1.807) is 0 Å². The van der Waals surface area contributed by atoms with Gasteiger partial charge in [0.25, 0.3) is 0 Å². The van der Waals surface area contributed by atoms with E-state index in [0.29, 0.717) is 0 Å². The molecule has 2 N–H and O–H groups in total. The van der Waals surface area contributed by atoms with Crippen LogP contribution in [0.5, 0.6) is 0 Å². The van der Waals surface area contributed by atoms with Crippen LogP contribution in [0.4, 0.5) is 0 Å². The van der Waals surface area contributed by atoms with Crippen LogP contribution in [-0.2, 0) is 0 Å². The van der Waals surface area contributed by atoms with Crippen molar-refractivity contribution in [1.29, 1.82) is 0 Å². The normalized spacial score (nSPS) is 22.0. The van der Waals surface area contributed by atoms with Gasteiger partial charge in [0.2, 0.25) is 0 Å². The van der Waals surface area contributed by atoms with Crippen LogP contribution in [0.2, 0.25) is 0 Å². The van der Waals surface area contributed by atoms with Crippen LogP contribution in [-0.4, -0.2) is 48.8 Å². The third-order valence-corrected chi connectivity index (χ3v) is 4.69. The minimum atomic E-state index is -0.0881. The second-order valence-electron chi connectivity index (χ2n) is 6.12. The summed E-state index contributed by atoms with van der Waals surface area (Å²) in [6.07, 6.45) is 7.65. The average Bonchev–Trinajstić information content (AvgIpc) is 2.44. The van der Waals surface area contributed by atoms with E-state index in [9.17, 15) is 5.11 Å². The molecule has 3 nitrogen and oxygen atoms in total. The molecule has 1 rings (SSSR count). The van der Waals surface area contributed by atoms with E-state index in [2.05, 4.69) is 24.1 Å². The fourth-order valence-electron chi connectivity index (χ4n) is 2.75. The first-order valence-electron chi connectivity index (χ1n) is 7.65. The van der Waals surface area contributed by atoms with Crippen molar-refractivity contribution >= 4 is 0 Å². The number of nitrogens with one attached hydrogen (secondary N) is 1. The van der Waals surface area contributed by atoms with E-state index in [4.69, 9.17) is 0 Å². The van der Waals surface area contributed by atoms with Crippen molar-refractivity contribution in [1.82, 2.24) is 10.2 Å². The molecule has 0 amide bonds. The molecule has 0 aromatic rings. The zero-order chi connectivity index (χ0) is 13.4. The Balaban J connectivity index is 2.08. The minimum Gasteiger partial charge on any atom is -0.394 e. The summed E-state index contributed by atoms with van der Waals surface area (Å²) in [6, 6.07) is 0. The first kappa shape index (κ1) is 15.9. The quantitative estimate of drug-likeness (QED) is 0.654. The standard InChI is InChI=1S/C15H32N2O/c1-4-14-7-11-17(12-8-14)10-6-5-9-15(2,13-18)16-3/h14,16,18H,4-13H2,1-3H3. The van der Waals surface area contributed by atoms with Crippen molar-refractivity contribution in [2.75, 3.05) is 33.3 Å². The van der Waals surface area contributed by atoms with Crippen LogP contribution in [0.3, 0.4) is 0 Å². The first-order valence-corrected chi connectivity index (χ1v) is 7.65. The first-order chi connectivity index (χ1) is 8.63. The summed E-state index contributed by atoms with van der Waals surface area (Å²) in [5.41, 5.74) is -0.0881. The van der Waals surface area contributed by atoms with Crippen LogP contribution in [0, 0.1) is 5.92 Å². The van der Waals surface area contributed by atoms with Gasteiger partial charge in [-0.25, -0.2) is 0 Å². The second-order valence-corrected chi connectivity index (χ2v) is 6.12. The van der Waals surface area contributed by atoms with Gasteiger partial charge in [0, 0.05) is 5.54 Å². The molecule has 1 unspecified atom stereocenters. The van der Waals surface area contributed by atoms with Gasteiger partial charge >= 0.3 is 0 Å². The van der Waals surface area contributed by atoms with E-state index in [0.717, 1.165) is 12.3 Å². The summed E-state index contributed by atoms with van der Waals surface area (Å²) in [5.74, 6) is 0.975. The van der Waals surface area contributed by atoms with Gasteiger partial charge in [-0.2, -0.15) is 0 Å². The number of aliphatic hydroxyl groups is 1. The van der Waals surface area contributed by atoms with Crippen molar-refractivity contribution < 1.29 is 5.11 Å². The topological polar surface area (TPSA) is 35.5 Å². The third-order valence-electron chi connectivity index (χ3n) is 4.69. The highest BCUT2D eigenvalue weighted by molar-refractivity contribution is 4.80. The average molecular weight is 256 g/mol. The van der Waals surface area contributed by atoms with Crippen molar-refractivity contribution in [3.05, 3.63) is 0 Å². The summed E-state index contributed by atoms with van der Waals surface area (Å²) in [4.78, 5) is 2.61. The summed E-state index contributed by atoms with van der Waals surface area (Å²) in [5, 5.41) is 12.5. The summed E-state index contributed by atoms with van der Waals surface area (Å²) >= 11 is 0. The van der Waals surface area contributed by atoms with Crippen molar-refractivity contribution in [2.45, 2.75) is 57.9 Å². The molecule has 1 aliphatic rings. The van der Waals surface area contributed by atoms with E-state index < -0.39 is 0 Å². The maximum absolute atomic E-state index is 9.32. The van der Waals surface area contributed by atoms with Crippen molar-refractivity contribution in [3.63, 3.8) is 0 Å². The zero-order valence-corrected chi connectivity index (χ0v) is 12.5. The van der Waals surface area contributed by atoms with E-state index in [-0.39, 0.29) is 12.1 Å². The SMILES string of the molecule is CCC1CCN(CCCCC(C)(CO)NC)CC1. The number of likely N-dealkylation sites (tertiary alicyclic amines) is 1. The Bertz CT molecular complexity index is 209. The lowest BCUT2D eigenvalue weighted by atomic mass is 9.93. The maximum atomic E-state index is 9.32. The Labute approximate surface area is 113 Å². The van der Waals surface area contributed by atoms with Gasteiger partial charge in [-0.1, -0.05) is 19.8 Å². The minimum absolute atomic E-state index is 0.0881. The highest BCUT2D eigenvalue weighted by Gasteiger charge is 2.20. The second kappa shape index (κ2) is 8.13. The van der Waals surface area contributed by atoms with Crippen LogP contribution in [0.1, 0.15) is 52.4 Å². The monoisotopic (exact) mass is 256 g/mol. The van der Waals surface area contributed by atoms with Gasteiger partial charge in [-0.15, -0.1) is 0 Å². The number of piperidine rings is 1. The number of rotatable bonds is 8. The predicted octanol–water partition coefficient (Wildman–Crippen LogP) is 2.25. The molecular formula is C15H32N2O. The van der Waals surface area contributed by atoms with Crippen LogP contribution < -0.4 is 5.32 Å². The predicted molar refractivity (Wildman–Crippen MR) is 77.9 cm³/mol. The van der Waals surface area contributed by atoms with Crippen LogP contribution >= 0.6 is 0 Å². The van der Waals surface area contributed by atoms with Gasteiger partial charge < -0.3 is 15.3 Å². The van der Waals surface area contributed by atoms with E-state index in [1.807, 2.05) is 7.05 Å². The number of nitrogens with zero attached hydrogens (tertiary/aromatic N) is 1. The molecule has 108 valence electrons. The fourth-order valence-corrected chi connectivity index (χ4v) is 2.75. The van der Waals surface area contributed by atoms with Crippen molar-refractivity contribution in [3.8, 4) is 0 Å². The summed E-state index contributed by atoms with van der Waals surface area (Å²) < 4.78 is 0. The number of aliphatic hydroxyl groups excluding tert-OH is 1. The molecule has 0 spiro atoms. The Morgan fingerprint density at radius 1 is 1.28 bits per heavy atom. The Morgan fingerprint density at radius 2 is 1.94 bits per heavy atom. The zero-order valence-electron chi connectivity index (χ0n) is 12.5. The lowest BCUT2D eigenvalue weighted by molar-refractivity contribution is 0.159. The van der Waals surface area contributed by atoms with Gasteiger partial charge in [0.1, 0.15) is 0 Å². The highest BCUT2D eigenvalue weighted by atomic mass is 16.3. The molecule has 0 radical (unpaired) electrons. The van der Waals surface area contributed by atoms with E-state index in [1.165, 1.54) is 51.7 Å². The van der Waals surface area contributed by atoms with Gasteiger partial charge in [-0.05, 0) is 65.2 Å². The molecule has 18 heavy (non-hydrogen) atoms. The van der Waals surface area contributed by atoms with Gasteiger partial charge in [0.15, 0.2) is 0 Å². The number of hydrogen-bond acceptors (Lipinski definition) is 3. The molecule has 0 bridgehead atoms. The Kier molecular flexibility index (Phi) is 7.20. The molecule has 0 aliphatic carbocycles. The lowest BCUT2D eigenvalue weighted by Gasteiger charge is -2.32. The third kappa shape index (κ3) is 5.25. The Morgan fingerprint density at radius 3 is 2.44 bits per heavy atom. The van der Waals surface area contributed by atoms with Crippen LogP contribution in [0.25, 0.3) is 0 Å². The molecule has 3 heteroatoms. The van der Waals surface area contributed by atoms with E-state index >= 15 is 0 Å². The van der Waals surface area contributed by atoms with Crippen LogP contribution in [0.15, 0.2) is 0 Å². The number of hydrogen-bond donors (Lipinski definition) is 2. The molecule has 0 aromatic heterocycles. The molecule has 1 aliphatic heterocycles. The van der Waals surface area contributed by atoms with Gasteiger partial charge in [0.05, 0.1) is 6.61 Å². The molecule has 1 saturated heterocycles.